The number of carbonyl (C=O) groups is 4. The van der Waals surface area contributed by atoms with Crippen LogP contribution >= 0.6 is 0 Å². The predicted octanol–water partition coefficient (Wildman–Crippen LogP) is 2.97. The molecule has 0 unspecified atom stereocenters. The Morgan fingerprint density at radius 2 is 1.82 bits per heavy atom. The zero-order chi connectivity index (χ0) is 24.0. The molecule has 1 saturated heterocycles. The molecule has 0 bridgehead atoms. The Bertz CT molecular complexity index is 900. The molecule has 3 atom stereocenters. The first kappa shape index (κ1) is 24.7. The van der Waals surface area contributed by atoms with Crippen LogP contribution in [0.1, 0.15) is 57.1 Å². The largest absolute Gasteiger partial charge is 0.354 e. The summed E-state index contributed by atoms with van der Waals surface area (Å²) in [6.45, 7) is 6.67. The van der Waals surface area contributed by atoms with Crippen molar-refractivity contribution in [2.45, 2.75) is 65.5 Å². The fourth-order valence-electron chi connectivity index (χ4n) is 4.57. The van der Waals surface area contributed by atoms with E-state index in [1.807, 2.05) is 43.3 Å². The minimum absolute atomic E-state index is 0.00272. The molecule has 1 heterocycles. The lowest BCUT2D eigenvalue weighted by Crippen LogP contribution is -2.48. The number of benzene rings is 1. The summed E-state index contributed by atoms with van der Waals surface area (Å²) in [5.41, 5.74) is 2.01. The van der Waals surface area contributed by atoms with Gasteiger partial charge in [-0.15, -0.1) is 0 Å². The van der Waals surface area contributed by atoms with Gasteiger partial charge in [0.15, 0.2) is 0 Å². The molecular formula is C26H35N3O4. The number of aryl methyl sites for hydroxylation is 1. The van der Waals surface area contributed by atoms with Gasteiger partial charge in [-0.05, 0) is 38.7 Å². The van der Waals surface area contributed by atoms with Crippen LogP contribution in [0.2, 0.25) is 0 Å². The third-order valence-electron chi connectivity index (χ3n) is 6.58. The van der Waals surface area contributed by atoms with E-state index >= 15 is 0 Å². The maximum atomic E-state index is 13.3. The van der Waals surface area contributed by atoms with Crippen molar-refractivity contribution < 1.29 is 19.2 Å². The van der Waals surface area contributed by atoms with Gasteiger partial charge in [0.1, 0.15) is 6.04 Å². The monoisotopic (exact) mass is 453 g/mol. The third kappa shape index (κ3) is 5.89. The van der Waals surface area contributed by atoms with Crippen LogP contribution in [-0.4, -0.2) is 52.6 Å². The van der Waals surface area contributed by atoms with Crippen molar-refractivity contribution in [3.05, 3.63) is 47.5 Å². The van der Waals surface area contributed by atoms with E-state index in [1.165, 1.54) is 4.90 Å². The quantitative estimate of drug-likeness (QED) is 0.335. The number of rotatable bonds is 10. The Hall–Kier alpha value is -2.96. The van der Waals surface area contributed by atoms with Gasteiger partial charge in [-0.1, -0.05) is 55.3 Å². The highest BCUT2D eigenvalue weighted by Gasteiger charge is 2.47. The van der Waals surface area contributed by atoms with Gasteiger partial charge in [0.05, 0.1) is 11.8 Å². The first-order valence-electron chi connectivity index (χ1n) is 12.0. The zero-order valence-electron chi connectivity index (χ0n) is 19.9. The lowest BCUT2D eigenvalue weighted by Gasteiger charge is -2.29. The molecule has 0 radical (unpaired) electrons. The summed E-state index contributed by atoms with van der Waals surface area (Å²) in [5, 5.41) is 2.90. The van der Waals surface area contributed by atoms with Gasteiger partial charge in [-0.2, -0.15) is 0 Å². The zero-order valence-corrected chi connectivity index (χ0v) is 19.9. The minimum atomic E-state index is -0.661. The Kier molecular flexibility index (Phi) is 8.42. The second kappa shape index (κ2) is 11.3. The summed E-state index contributed by atoms with van der Waals surface area (Å²) >= 11 is 0. The lowest BCUT2D eigenvalue weighted by atomic mass is 9.85. The number of hydrogen-bond acceptors (Lipinski definition) is 4. The average molecular weight is 454 g/mol. The Morgan fingerprint density at radius 1 is 1.15 bits per heavy atom. The number of likely N-dealkylation sites (tertiary alicyclic amines) is 1. The molecule has 178 valence electrons. The molecule has 0 aromatic heterocycles. The molecule has 4 amide bonds. The number of allylic oxidation sites excluding steroid dienone is 2. The second-order valence-corrected chi connectivity index (χ2v) is 9.07. The summed E-state index contributed by atoms with van der Waals surface area (Å²) in [7, 11) is 0. The van der Waals surface area contributed by atoms with Crippen molar-refractivity contribution in [2.75, 3.05) is 13.1 Å². The number of nitrogens with zero attached hydrogens (tertiary/aromatic N) is 2. The molecule has 2 aliphatic rings. The number of hydrogen-bond donors (Lipinski definition) is 1. The third-order valence-corrected chi connectivity index (χ3v) is 6.58. The molecule has 1 N–H and O–H groups in total. The van der Waals surface area contributed by atoms with Crippen LogP contribution in [0.3, 0.4) is 0 Å². The number of imide groups is 1. The van der Waals surface area contributed by atoms with Gasteiger partial charge < -0.3 is 10.2 Å². The van der Waals surface area contributed by atoms with Gasteiger partial charge in [-0.3, -0.25) is 24.1 Å². The summed E-state index contributed by atoms with van der Waals surface area (Å²) in [4.78, 5) is 54.3. The van der Waals surface area contributed by atoms with E-state index in [1.54, 1.807) is 11.8 Å². The van der Waals surface area contributed by atoms with Crippen LogP contribution in [0.15, 0.2) is 36.4 Å². The fraction of sp³-hybridized carbons (Fsp3) is 0.538. The van der Waals surface area contributed by atoms with Crippen molar-refractivity contribution in [3.63, 3.8) is 0 Å². The highest BCUT2D eigenvalue weighted by atomic mass is 16.2. The van der Waals surface area contributed by atoms with Gasteiger partial charge >= 0.3 is 0 Å². The van der Waals surface area contributed by atoms with Gasteiger partial charge in [0.2, 0.25) is 23.6 Å². The van der Waals surface area contributed by atoms with Crippen LogP contribution in [0, 0.1) is 18.8 Å². The van der Waals surface area contributed by atoms with E-state index < -0.39 is 6.04 Å². The van der Waals surface area contributed by atoms with E-state index in [4.69, 9.17) is 0 Å². The number of nitrogens with one attached hydrogen (secondary N) is 1. The molecule has 0 spiro atoms. The van der Waals surface area contributed by atoms with Crippen LogP contribution in [0.5, 0.6) is 0 Å². The average Bonchev–Trinajstić information content (AvgIpc) is 3.05. The van der Waals surface area contributed by atoms with Crippen molar-refractivity contribution >= 4 is 23.6 Å². The van der Waals surface area contributed by atoms with Gasteiger partial charge in [0.25, 0.3) is 0 Å². The fourth-order valence-corrected chi connectivity index (χ4v) is 4.57. The molecule has 1 aliphatic carbocycles. The SMILES string of the molecule is CCCCNC(=O)[C@H](C)N(Cc1cccc(C)c1)C(=O)CCN1C(=O)[C@H]2CC=CC[C@H]2C1=O. The molecule has 0 saturated carbocycles. The first-order valence-corrected chi connectivity index (χ1v) is 12.0. The number of carbonyl (C=O) groups excluding carboxylic acids is 4. The molecule has 7 nitrogen and oxygen atoms in total. The molecule has 1 aliphatic heterocycles. The maximum absolute atomic E-state index is 13.3. The second-order valence-electron chi connectivity index (χ2n) is 9.07. The van der Waals surface area contributed by atoms with Crippen molar-refractivity contribution in [3.8, 4) is 0 Å². The normalized spacial score (nSPS) is 20.5. The molecule has 3 rings (SSSR count). The minimum Gasteiger partial charge on any atom is -0.354 e. The first-order chi connectivity index (χ1) is 15.8. The Labute approximate surface area is 196 Å². The van der Waals surface area contributed by atoms with Gasteiger partial charge in [-0.25, -0.2) is 0 Å². The van der Waals surface area contributed by atoms with Crippen LogP contribution < -0.4 is 5.32 Å². The van der Waals surface area contributed by atoms with E-state index in [2.05, 4.69) is 12.2 Å². The maximum Gasteiger partial charge on any atom is 0.242 e. The molecular weight excluding hydrogens is 418 g/mol. The Morgan fingerprint density at radius 3 is 2.42 bits per heavy atom. The molecule has 1 aromatic rings. The lowest BCUT2D eigenvalue weighted by molar-refractivity contribution is -0.143. The molecule has 1 fully saturated rings. The van der Waals surface area contributed by atoms with Crippen LogP contribution in [0.25, 0.3) is 0 Å². The highest BCUT2D eigenvalue weighted by molar-refractivity contribution is 6.05. The van der Waals surface area contributed by atoms with Crippen molar-refractivity contribution in [2.24, 2.45) is 11.8 Å². The van der Waals surface area contributed by atoms with Crippen LogP contribution in [0.4, 0.5) is 0 Å². The summed E-state index contributed by atoms with van der Waals surface area (Å²) < 4.78 is 0. The van der Waals surface area contributed by atoms with E-state index in [9.17, 15) is 19.2 Å². The van der Waals surface area contributed by atoms with E-state index in [0.29, 0.717) is 25.9 Å². The number of fused-ring (bicyclic) bond motifs is 1. The van der Waals surface area contributed by atoms with Crippen molar-refractivity contribution in [1.82, 2.24) is 15.1 Å². The summed E-state index contributed by atoms with van der Waals surface area (Å²) in [5.74, 6) is -1.41. The summed E-state index contributed by atoms with van der Waals surface area (Å²) in [6.07, 6.45) is 6.90. The standard InChI is InChI=1S/C26H35N3O4/c1-4-5-14-27-24(31)19(3)29(17-20-10-8-9-18(2)16-20)23(30)13-15-28-25(32)21-11-6-7-12-22(21)26(28)33/h6-10,16,19,21-22H,4-5,11-15,17H2,1-3H3,(H,27,31)/t19-,21-,22+/m0/s1. The predicted molar refractivity (Wildman–Crippen MR) is 126 cm³/mol. The topological polar surface area (TPSA) is 86.8 Å². The highest BCUT2D eigenvalue weighted by Crippen LogP contribution is 2.35. The smallest absolute Gasteiger partial charge is 0.242 e. The number of amides is 4. The molecule has 1 aromatic carbocycles. The van der Waals surface area contributed by atoms with E-state index in [0.717, 1.165) is 24.0 Å². The molecule has 33 heavy (non-hydrogen) atoms. The number of unbranched alkanes of at least 4 members (excludes halogenated alkanes) is 1. The van der Waals surface area contributed by atoms with E-state index in [-0.39, 0.29) is 48.4 Å². The van der Waals surface area contributed by atoms with Gasteiger partial charge in [0, 0.05) is 26.1 Å². The van der Waals surface area contributed by atoms with Crippen molar-refractivity contribution in [1.29, 1.82) is 0 Å². The Balaban J connectivity index is 1.69. The van der Waals surface area contributed by atoms with Crippen LogP contribution in [-0.2, 0) is 25.7 Å². The summed E-state index contributed by atoms with van der Waals surface area (Å²) in [6, 6.07) is 7.17. The molecule has 7 heteroatoms.